The van der Waals surface area contributed by atoms with Crippen LogP contribution in [-0.4, -0.2) is 14.7 Å². The molecule has 0 saturated heterocycles. The van der Waals surface area contributed by atoms with Gasteiger partial charge in [-0.25, -0.2) is 4.98 Å². The molecular formula is C16H14Br2N2O. The average molecular weight is 410 g/mol. The van der Waals surface area contributed by atoms with Gasteiger partial charge in [-0.1, -0.05) is 44.0 Å². The van der Waals surface area contributed by atoms with Crippen LogP contribution >= 0.6 is 31.9 Å². The van der Waals surface area contributed by atoms with Gasteiger partial charge in [-0.05, 0) is 35.9 Å². The molecule has 0 saturated carbocycles. The maximum absolute atomic E-state index is 10.5. The normalized spacial score (nSPS) is 12.8. The van der Waals surface area contributed by atoms with E-state index in [0.717, 1.165) is 31.4 Å². The summed E-state index contributed by atoms with van der Waals surface area (Å²) in [6.07, 6.45) is -0.108. The van der Waals surface area contributed by atoms with E-state index in [1.165, 1.54) is 0 Å². The molecule has 3 rings (SSSR count). The van der Waals surface area contributed by atoms with Gasteiger partial charge in [0.05, 0.1) is 17.1 Å². The maximum Gasteiger partial charge on any atom is 0.112 e. The van der Waals surface area contributed by atoms with Crippen molar-refractivity contribution in [1.82, 2.24) is 9.55 Å². The number of hydrogen-bond donors (Lipinski definition) is 1. The van der Waals surface area contributed by atoms with Crippen LogP contribution in [0.3, 0.4) is 0 Å². The van der Waals surface area contributed by atoms with Crippen LogP contribution in [0.1, 0.15) is 17.5 Å². The zero-order valence-corrected chi connectivity index (χ0v) is 14.6. The standard InChI is InChI=1S/C16H14Br2N2O/c1-20-14-5-3-2-4-13(14)19-16(20)9-15(21)10-6-11(17)8-12(18)7-10/h2-8,15,21H,9H2,1H3. The number of benzene rings is 2. The molecule has 5 heteroatoms. The summed E-state index contributed by atoms with van der Waals surface area (Å²) in [6, 6.07) is 13.8. The average Bonchev–Trinajstić information content (AvgIpc) is 2.75. The van der Waals surface area contributed by atoms with E-state index in [2.05, 4.69) is 36.8 Å². The van der Waals surface area contributed by atoms with Gasteiger partial charge in [-0.3, -0.25) is 0 Å². The number of hydrogen-bond acceptors (Lipinski definition) is 2. The van der Waals surface area contributed by atoms with Gasteiger partial charge in [0.1, 0.15) is 5.82 Å². The van der Waals surface area contributed by atoms with Gasteiger partial charge in [-0.15, -0.1) is 0 Å². The van der Waals surface area contributed by atoms with Crippen LogP contribution in [0.15, 0.2) is 51.4 Å². The van der Waals surface area contributed by atoms with Crippen molar-refractivity contribution in [2.75, 3.05) is 0 Å². The number of rotatable bonds is 3. The lowest BCUT2D eigenvalue weighted by Crippen LogP contribution is -2.07. The van der Waals surface area contributed by atoms with Crippen molar-refractivity contribution < 1.29 is 5.11 Å². The number of aromatic nitrogens is 2. The summed E-state index contributed by atoms with van der Waals surface area (Å²) in [6.45, 7) is 0. The first-order valence-electron chi connectivity index (χ1n) is 6.59. The van der Waals surface area contributed by atoms with E-state index in [-0.39, 0.29) is 0 Å². The second kappa shape index (κ2) is 5.91. The highest BCUT2D eigenvalue weighted by molar-refractivity contribution is 9.11. The molecule has 21 heavy (non-hydrogen) atoms. The summed E-state index contributed by atoms with van der Waals surface area (Å²) >= 11 is 6.89. The Hall–Kier alpha value is -1.17. The Labute approximate surface area is 139 Å². The van der Waals surface area contributed by atoms with Gasteiger partial charge in [-0.2, -0.15) is 0 Å². The number of para-hydroxylation sites is 2. The van der Waals surface area contributed by atoms with E-state index < -0.39 is 6.10 Å². The van der Waals surface area contributed by atoms with Crippen LogP contribution in [0.5, 0.6) is 0 Å². The Kier molecular flexibility index (Phi) is 4.15. The molecule has 0 radical (unpaired) electrons. The Morgan fingerprint density at radius 3 is 2.48 bits per heavy atom. The molecule has 0 aliphatic rings. The Bertz CT molecular complexity index is 778. The fourth-order valence-electron chi connectivity index (χ4n) is 2.44. The molecule has 0 spiro atoms. The fraction of sp³-hybridized carbons (Fsp3) is 0.188. The fourth-order valence-corrected chi connectivity index (χ4v) is 3.77. The zero-order chi connectivity index (χ0) is 15.0. The zero-order valence-electron chi connectivity index (χ0n) is 11.4. The molecule has 3 nitrogen and oxygen atoms in total. The Morgan fingerprint density at radius 1 is 1.14 bits per heavy atom. The largest absolute Gasteiger partial charge is 0.388 e. The smallest absolute Gasteiger partial charge is 0.112 e. The number of halogens is 2. The SMILES string of the molecule is Cn1c(CC(O)c2cc(Br)cc(Br)c2)nc2ccccc21. The summed E-state index contributed by atoms with van der Waals surface area (Å²) in [4.78, 5) is 4.60. The second-order valence-corrected chi connectivity index (χ2v) is 6.83. The number of imidazole rings is 1. The minimum atomic E-state index is -0.589. The van der Waals surface area contributed by atoms with Crippen molar-refractivity contribution in [2.24, 2.45) is 7.05 Å². The van der Waals surface area contributed by atoms with Crippen LogP contribution in [0, 0.1) is 0 Å². The Balaban J connectivity index is 1.92. The van der Waals surface area contributed by atoms with Crippen LogP contribution < -0.4 is 0 Å². The molecule has 0 aliphatic heterocycles. The van der Waals surface area contributed by atoms with Crippen LogP contribution in [0.2, 0.25) is 0 Å². The molecule has 0 bridgehead atoms. The molecule has 108 valence electrons. The summed E-state index contributed by atoms with van der Waals surface area (Å²) in [5, 5.41) is 10.5. The lowest BCUT2D eigenvalue weighted by Gasteiger charge is -2.12. The lowest BCUT2D eigenvalue weighted by molar-refractivity contribution is 0.175. The third-order valence-corrected chi connectivity index (χ3v) is 4.44. The molecule has 0 amide bonds. The summed E-state index contributed by atoms with van der Waals surface area (Å²) in [7, 11) is 1.98. The van der Waals surface area contributed by atoms with Crippen LogP contribution in [0.4, 0.5) is 0 Å². The van der Waals surface area contributed by atoms with E-state index in [9.17, 15) is 5.11 Å². The third-order valence-electron chi connectivity index (χ3n) is 3.53. The van der Waals surface area contributed by atoms with Gasteiger partial charge in [0.15, 0.2) is 0 Å². The minimum Gasteiger partial charge on any atom is -0.388 e. The highest BCUT2D eigenvalue weighted by Crippen LogP contribution is 2.26. The molecular weight excluding hydrogens is 396 g/mol. The lowest BCUT2D eigenvalue weighted by atomic mass is 10.1. The molecule has 0 fully saturated rings. The van der Waals surface area contributed by atoms with Crippen molar-refractivity contribution in [1.29, 1.82) is 0 Å². The number of nitrogens with zero attached hydrogens (tertiary/aromatic N) is 2. The summed E-state index contributed by atoms with van der Waals surface area (Å²) in [5.41, 5.74) is 2.90. The number of fused-ring (bicyclic) bond motifs is 1. The van der Waals surface area contributed by atoms with Crippen molar-refractivity contribution in [2.45, 2.75) is 12.5 Å². The van der Waals surface area contributed by atoms with Gasteiger partial charge in [0.2, 0.25) is 0 Å². The summed E-state index contributed by atoms with van der Waals surface area (Å²) < 4.78 is 3.91. The molecule has 1 unspecified atom stereocenters. The van der Waals surface area contributed by atoms with Crippen molar-refractivity contribution in [3.8, 4) is 0 Å². The molecule has 0 aliphatic carbocycles. The van der Waals surface area contributed by atoms with Crippen molar-refractivity contribution >= 4 is 42.9 Å². The Morgan fingerprint density at radius 2 is 1.81 bits per heavy atom. The third kappa shape index (κ3) is 3.05. The molecule has 1 N–H and O–H groups in total. The van der Waals surface area contributed by atoms with E-state index in [0.29, 0.717) is 6.42 Å². The topological polar surface area (TPSA) is 38.0 Å². The first kappa shape index (κ1) is 14.8. The molecule has 3 aromatic rings. The molecule has 2 aromatic carbocycles. The predicted octanol–water partition coefficient (Wildman–Crippen LogP) is 4.37. The maximum atomic E-state index is 10.5. The van der Waals surface area contributed by atoms with Crippen LogP contribution in [0.25, 0.3) is 11.0 Å². The van der Waals surface area contributed by atoms with E-state index in [4.69, 9.17) is 0 Å². The van der Waals surface area contributed by atoms with Gasteiger partial charge < -0.3 is 9.67 Å². The summed E-state index contributed by atoms with van der Waals surface area (Å²) in [5.74, 6) is 0.875. The second-order valence-electron chi connectivity index (χ2n) is 5.00. The predicted molar refractivity (Wildman–Crippen MR) is 91.2 cm³/mol. The highest BCUT2D eigenvalue weighted by atomic mass is 79.9. The first-order valence-corrected chi connectivity index (χ1v) is 8.17. The van der Waals surface area contributed by atoms with E-state index in [1.54, 1.807) is 0 Å². The molecule has 1 atom stereocenters. The van der Waals surface area contributed by atoms with E-state index >= 15 is 0 Å². The molecule has 1 aromatic heterocycles. The van der Waals surface area contributed by atoms with E-state index in [1.807, 2.05) is 54.1 Å². The van der Waals surface area contributed by atoms with Crippen molar-refractivity contribution in [3.63, 3.8) is 0 Å². The van der Waals surface area contributed by atoms with Gasteiger partial charge >= 0.3 is 0 Å². The molecule has 1 heterocycles. The number of aryl methyl sites for hydroxylation is 1. The first-order chi connectivity index (χ1) is 10.0. The number of aliphatic hydroxyl groups excluding tert-OH is 1. The van der Waals surface area contributed by atoms with Crippen LogP contribution in [-0.2, 0) is 13.5 Å². The van der Waals surface area contributed by atoms with Gasteiger partial charge in [0, 0.05) is 22.4 Å². The van der Waals surface area contributed by atoms with Crippen molar-refractivity contribution in [3.05, 3.63) is 62.8 Å². The quantitative estimate of drug-likeness (QED) is 0.697. The number of aliphatic hydroxyl groups is 1. The van der Waals surface area contributed by atoms with Gasteiger partial charge in [0.25, 0.3) is 0 Å². The minimum absolute atomic E-state index is 0.480. The highest BCUT2D eigenvalue weighted by Gasteiger charge is 2.15. The monoisotopic (exact) mass is 408 g/mol.